The Balaban J connectivity index is 2.34. The van der Waals surface area contributed by atoms with E-state index < -0.39 is 22.2 Å². The van der Waals surface area contributed by atoms with Gasteiger partial charge in [-0.1, -0.05) is 0 Å². The third-order valence-corrected chi connectivity index (χ3v) is 0.642. The second-order valence-electron chi connectivity index (χ2n) is 1.23. The quantitative estimate of drug-likeness (QED) is 0.437. The molecule has 0 aromatic heterocycles. The van der Waals surface area contributed by atoms with E-state index in [9.17, 15) is 12.9 Å². The van der Waals surface area contributed by atoms with Crippen molar-refractivity contribution >= 4 is 22.2 Å². The van der Waals surface area contributed by atoms with E-state index in [2.05, 4.69) is 13.7 Å². The summed E-state index contributed by atoms with van der Waals surface area (Å²) in [5.41, 5.74) is 0. The SMILES string of the molecule is FB1OB(F)OB(F)O1. The predicted octanol–water partition coefficient (Wildman–Crippen LogP) is -0.0870. The van der Waals surface area contributed by atoms with Crippen LogP contribution in [0.15, 0.2) is 0 Å². The molecule has 1 rings (SSSR count). The monoisotopic (exact) mass is 138 g/mol. The van der Waals surface area contributed by atoms with Crippen LogP contribution in [0.25, 0.3) is 0 Å². The Morgan fingerprint density at radius 2 is 0.889 bits per heavy atom. The third-order valence-electron chi connectivity index (χ3n) is 0.642. The summed E-state index contributed by atoms with van der Waals surface area (Å²) in [4.78, 5) is 0. The standard InChI is InChI=1S/B3F3O3/c4-1-7-2(5)9-3(6)8-1. The van der Waals surface area contributed by atoms with Crippen molar-refractivity contribution in [3.63, 3.8) is 0 Å². The van der Waals surface area contributed by atoms with Crippen LogP contribution < -0.4 is 0 Å². The molecular weight excluding hydrogens is 137 g/mol. The smallest absolute Gasteiger partial charge is 0.393 e. The van der Waals surface area contributed by atoms with Gasteiger partial charge in [0.2, 0.25) is 0 Å². The molecule has 0 N–H and O–H groups in total. The predicted molar refractivity (Wildman–Crippen MR) is 23.8 cm³/mol. The van der Waals surface area contributed by atoms with E-state index in [1.165, 1.54) is 0 Å². The molecule has 1 heterocycles. The molecule has 0 atom stereocenters. The highest BCUT2D eigenvalue weighted by Crippen LogP contribution is 2.09. The molecule has 9 heavy (non-hydrogen) atoms. The lowest BCUT2D eigenvalue weighted by atomic mass is 10.0. The molecule has 0 radical (unpaired) electrons. The molecule has 48 valence electrons. The molecule has 3 nitrogen and oxygen atoms in total. The maximum atomic E-state index is 11.7. The molecule has 1 aliphatic heterocycles. The second-order valence-corrected chi connectivity index (χ2v) is 1.23. The Labute approximate surface area is 50.0 Å². The lowest BCUT2D eigenvalue weighted by molar-refractivity contribution is 0.194. The van der Waals surface area contributed by atoms with Crippen LogP contribution in [0.4, 0.5) is 12.9 Å². The van der Waals surface area contributed by atoms with Gasteiger partial charge in [-0.3, -0.25) is 12.9 Å². The molecule has 0 aromatic rings. The van der Waals surface area contributed by atoms with Gasteiger partial charge in [0.1, 0.15) is 0 Å². The first-order valence-electron chi connectivity index (χ1n) is 2.07. The molecule has 0 aliphatic carbocycles. The lowest BCUT2D eigenvalue weighted by Gasteiger charge is -2.15. The highest BCUT2D eigenvalue weighted by Gasteiger charge is 2.44. The lowest BCUT2D eigenvalue weighted by Crippen LogP contribution is -2.43. The van der Waals surface area contributed by atoms with Crippen LogP contribution in [0.3, 0.4) is 0 Å². The van der Waals surface area contributed by atoms with E-state index in [1.807, 2.05) is 0 Å². The molecule has 9 heteroatoms. The summed E-state index contributed by atoms with van der Waals surface area (Å²) in [5, 5.41) is 0. The molecule has 1 aliphatic rings. The van der Waals surface area contributed by atoms with Crippen molar-refractivity contribution in [2.45, 2.75) is 0 Å². The van der Waals surface area contributed by atoms with E-state index in [0.29, 0.717) is 0 Å². The number of hydrogen-bond acceptors (Lipinski definition) is 3. The first-order valence-corrected chi connectivity index (χ1v) is 2.07. The van der Waals surface area contributed by atoms with Crippen molar-refractivity contribution in [1.29, 1.82) is 0 Å². The fourth-order valence-corrected chi connectivity index (χ4v) is 0.349. The fraction of sp³-hybridized carbons (Fsp3) is 0. The zero-order valence-corrected chi connectivity index (χ0v) is 4.09. The Hall–Kier alpha value is -0.135. The van der Waals surface area contributed by atoms with Crippen molar-refractivity contribution in [1.82, 2.24) is 0 Å². The van der Waals surface area contributed by atoms with E-state index in [1.54, 1.807) is 0 Å². The van der Waals surface area contributed by atoms with Crippen molar-refractivity contribution in [3.05, 3.63) is 0 Å². The van der Waals surface area contributed by atoms with Crippen molar-refractivity contribution in [3.8, 4) is 0 Å². The van der Waals surface area contributed by atoms with E-state index in [0.717, 1.165) is 0 Å². The molecule has 0 unspecified atom stereocenters. The minimum atomic E-state index is -2.39. The Morgan fingerprint density at radius 3 is 1.11 bits per heavy atom. The van der Waals surface area contributed by atoms with Crippen LogP contribution in [0.2, 0.25) is 0 Å². The van der Waals surface area contributed by atoms with Crippen molar-refractivity contribution in [2.24, 2.45) is 0 Å². The average molecular weight is 137 g/mol. The largest absolute Gasteiger partial charge is 0.656 e. The highest BCUT2D eigenvalue weighted by molar-refractivity contribution is 6.66. The van der Waals surface area contributed by atoms with Gasteiger partial charge in [0.15, 0.2) is 0 Å². The first kappa shape index (κ1) is 6.98. The van der Waals surface area contributed by atoms with Gasteiger partial charge >= 0.3 is 22.2 Å². The zero-order valence-electron chi connectivity index (χ0n) is 4.09. The summed E-state index contributed by atoms with van der Waals surface area (Å²) in [7, 11) is -7.16. The van der Waals surface area contributed by atoms with Gasteiger partial charge < -0.3 is 13.7 Å². The maximum absolute atomic E-state index is 11.7. The number of halogens is 3. The minimum Gasteiger partial charge on any atom is -0.393 e. The number of hydrogen-bond donors (Lipinski definition) is 0. The summed E-state index contributed by atoms with van der Waals surface area (Å²) in [6.45, 7) is 0. The van der Waals surface area contributed by atoms with Crippen LogP contribution in [0, 0.1) is 0 Å². The summed E-state index contributed by atoms with van der Waals surface area (Å²) < 4.78 is 45.7. The van der Waals surface area contributed by atoms with Gasteiger partial charge in [-0.05, 0) is 0 Å². The molecule has 0 saturated carbocycles. The van der Waals surface area contributed by atoms with Gasteiger partial charge in [-0.2, -0.15) is 0 Å². The Kier molecular flexibility index (Phi) is 2.04. The molecule has 1 saturated heterocycles. The molecule has 0 spiro atoms. The molecule has 0 aromatic carbocycles. The van der Waals surface area contributed by atoms with Crippen LogP contribution in [-0.2, 0) is 13.7 Å². The van der Waals surface area contributed by atoms with Crippen LogP contribution in [0.1, 0.15) is 0 Å². The molecular formula is B3F3O3. The summed E-state index contributed by atoms with van der Waals surface area (Å²) >= 11 is 0. The number of rotatable bonds is 0. The van der Waals surface area contributed by atoms with Gasteiger partial charge in [-0.15, -0.1) is 0 Å². The highest BCUT2D eigenvalue weighted by atomic mass is 19.1. The maximum Gasteiger partial charge on any atom is 0.656 e. The molecule has 1 fully saturated rings. The van der Waals surface area contributed by atoms with Crippen molar-refractivity contribution < 1.29 is 26.7 Å². The summed E-state index contributed by atoms with van der Waals surface area (Å²) in [6, 6.07) is 0. The molecule has 0 bridgehead atoms. The Bertz CT molecular complexity index is 75.3. The van der Waals surface area contributed by atoms with E-state index >= 15 is 0 Å². The average Bonchev–Trinajstić information content (AvgIpc) is 1.59. The zero-order chi connectivity index (χ0) is 6.85. The van der Waals surface area contributed by atoms with Gasteiger partial charge in [0.25, 0.3) is 0 Å². The molecule has 0 amide bonds. The summed E-state index contributed by atoms with van der Waals surface area (Å²) in [5.74, 6) is 0. The van der Waals surface area contributed by atoms with E-state index in [4.69, 9.17) is 0 Å². The van der Waals surface area contributed by atoms with Crippen LogP contribution in [-0.4, -0.2) is 22.2 Å². The first-order chi connectivity index (χ1) is 4.18. The normalized spacial score (nSPS) is 21.0. The van der Waals surface area contributed by atoms with E-state index in [-0.39, 0.29) is 0 Å². The Morgan fingerprint density at radius 1 is 0.667 bits per heavy atom. The van der Waals surface area contributed by atoms with Crippen molar-refractivity contribution in [2.75, 3.05) is 0 Å². The second kappa shape index (κ2) is 2.63. The topological polar surface area (TPSA) is 27.7 Å². The van der Waals surface area contributed by atoms with Crippen LogP contribution in [0.5, 0.6) is 0 Å². The van der Waals surface area contributed by atoms with Gasteiger partial charge in [0, 0.05) is 0 Å². The van der Waals surface area contributed by atoms with Crippen LogP contribution >= 0.6 is 0 Å². The fourth-order valence-electron chi connectivity index (χ4n) is 0.349. The third kappa shape index (κ3) is 1.92. The van der Waals surface area contributed by atoms with Gasteiger partial charge in [0.05, 0.1) is 0 Å². The van der Waals surface area contributed by atoms with Gasteiger partial charge in [-0.25, -0.2) is 0 Å². The summed E-state index contributed by atoms with van der Waals surface area (Å²) in [6.07, 6.45) is 0. The minimum absolute atomic E-state index is 2.39.